The number of aryl methyl sites for hydroxylation is 3. The maximum Gasteiger partial charge on any atom is 0.156 e. The zero-order valence-corrected chi connectivity index (χ0v) is 16.5. The van der Waals surface area contributed by atoms with Crippen LogP contribution in [0.4, 0.5) is 0 Å². The van der Waals surface area contributed by atoms with Crippen LogP contribution in [0.1, 0.15) is 55.9 Å². The van der Waals surface area contributed by atoms with Gasteiger partial charge in [0.05, 0.1) is 11.0 Å². The first kappa shape index (κ1) is 19.7. The monoisotopic (exact) mass is 358 g/mol. The molecule has 2 aromatic rings. The van der Waals surface area contributed by atoms with Gasteiger partial charge in [0.15, 0.2) is 9.84 Å². The lowest BCUT2D eigenvalue weighted by Crippen LogP contribution is -2.15. The Morgan fingerprint density at radius 1 is 0.720 bits per heavy atom. The molecule has 25 heavy (non-hydrogen) atoms. The average molecular weight is 359 g/mol. The van der Waals surface area contributed by atoms with E-state index in [0.717, 1.165) is 24.8 Å². The van der Waals surface area contributed by atoms with Gasteiger partial charge in [-0.15, -0.1) is 0 Å². The standard InChI is InChI=1S/C22H30O2S/c1-4-5-6-19-7-9-20(10-8-19)11-12-21-13-15-22(16-14-21)17-25(23,24)18(2)3/h7-10,13-16,18H,4-6,11-12,17H2,1-3H3. The maximum atomic E-state index is 12.0. The Labute approximate surface area is 153 Å². The number of rotatable bonds is 9. The average Bonchev–Trinajstić information content (AvgIpc) is 2.60. The predicted octanol–water partition coefficient (Wildman–Crippen LogP) is 5.14. The van der Waals surface area contributed by atoms with Crippen molar-refractivity contribution in [1.29, 1.82) is 0 Å². The van der Waals surface area contributed by atoms with E-state index in [1.165, 1.54) is 29.5 Å². The number of hydrogen-bond acceptors (Lipinski definition) is 2. The minimum Gasteiger partial charge on any atom is -0.228 e. The summed E-state index contributed by atoms with van der Waals surface area (Å²) < 4.78 is 24.0. The number of benzene rings is 2. The van der Waals surface area contributed by atoms with E-state index in [1.807, 2.05) is 12.1 Å². The Bertz CT molecular complexity index is 742. The van der Waals surface area contributed by atoms with E-state index in [-0.39, 0.29) is 11.0 Å². The highest BCUT2D eigenvalue weighted by Gasteiger charge is 2.16. The van der Waals surface area contributed by atoms with E-state index in [4.69, 9.17) is 0 Å². The molecule has 0 radical (unpaired) electrons. The van der Waals surface area contributed by atoms with Gasteiger partial charge in [-0.3, -0.25) is 0 Å². The van der Waals surface area contributed by atoms with E-state index in [1.54, 1.807) is 13.8 Å². The first-order valence-electron chi connectivity index (χ1n) is 9.28. The molecule has 0 spiro atoms. The van der Waals surface area contributed by atoms with Gasteiger partial charge in [0.1, 0.15) is 0 Å². The molecular weight excluding hydrogens is 328 g/mol. The lowest BCUT2D eigenvalue weighted by atomic mass is 10.0. The molecule has 0 saturated carbocycles. The first-order chi connectivity index (χ1) is 11.9. The van der Waals surface area contributed by atoms with Crippen molar-refractivity contribution >= 4 is 9.84 Å². The quantitative estimate of drug-likeness (QED) is 0.622. The third-order valence-electron chi connectivity index (χ3n) is 4.65. The van der Waals surface area contributed by atoms with Crippen molar-refractivity contribution in [2.45, 2.75) is 63.9 Å². The van der Waals surface area contributed by atoms with E-state index >= 15 is 0 Å². The maximum absolute atomic E-state index is 12.0. The summed E-state index contributed by atoms with van der Waals surface area (Å²) in [6, 6.07) is 17.0. The predicted molar refractivity (Wildman–Crippen MR) is 107 cm³/mol. The van der Waals surface area contributed by atoms with E-state index in [9.17, 15) is 8.42 Å². The lowest BCUT2D eigenvalue weighted by molar-refractivity contribution is 0.586. The van der Waals surface area contributed by atoms with E-state index in [0.29, 0.717) is 0 Å². The number of sulfone groups is 1. The van der Waals surface area contributed by atoms with Crippen LogP contribution < -0.4 is 0 Å². The summed E-state index contributed by atoms with van der Waals surface area (Å²) in [7, 11) is -3.03. The van der Waals surface area contributed by atoms with Crippen molar-refractivity contribution in [3.05, 3.63) is 70.8 Å². The van der Waals surface area contributed by atoms with Crippen molar-refractivity contribution < 1.29 is 8.42 Å². The minimum atomic E-state index is -3.03. The second-order valence-corrected chi connectivity index (χ2v) is 9.65. The van der Waals surface area contributed by atoms with E-state index in [2.05, 4.69) is 43.3 Å². The van der Waals surface area contributed by atoms with Gasteiger partial charge in [-0.05, 0) is 61.8 Å². The van der Waals surface area contributed by atoms with Crippen LogP contribution in [0.2, 0.25) is 0 Å². The fourth-order valence-electron chi connectivity index (χ4n) is 2.74. The van der Waals surface area contributed by atoms with Gasteiger partial charge in [-0.2, -0.15) is 0 Å². The highest BCUT2D eigenvalue weighted by molar-refractivity contribution is 7.91. The molecule has 0 amide bonds. The third kappa shape index (κ3) is 6.32. The molecule has 136 valence electrons. The summed E-state index contributed by atoms with van der Waals surface area (Å²) in [5, 5.41) is -0.326. The molecule has 3 heteroatoms. The van der Waals surface area contributed by atoms with Gasteiger partial charge < -0.3 is 0 Å². The van der Waals surface area contributed by atoms with Crippen LogP contribution in [0.25, 0.3) is 0 Å². The molecule has 0 unspecified atom stereocenters. The highest BCUT2D eigenvalue weighted by atomic mass is 32.2. The zero-order chi connectivity index (χ0) is 18.3. The third-order valence-corrected chi connectivity index (χ3v) is 6.83. The van der Waals surface area contributed by atoms with Gasteiger partial charge in [0.25, 0.3) is 0 Å². The van der Waals surface area contributed by atoms with Crippen molar-refractivity contribution in [1.82, 2.24) is 0 Å². The molecule has 0 fully saturated rings. The Kier molecular flexibility index (Phi) is 7.24. The van der Waals surface area contributed by atoms with Crippen LogP contribution in [0, 0.1) is 0 Å². The molecule has 0 aliphatic heterocycles. The molecule has 0 N–H and O–H groups in total. The summed E-state index contributed by atoms with van der Waals surface area (Å²) in [4.78, 5) is 0. The molecule has 0 bridgehead atoms. The first-order valence-corrected chi connectivity index (χ1v) is 11.0. The van der Waals surface area contributed by atoms with Crippen LogP contribution in [-0.2, 0) is 34.9 Å². The molecule has 0 saturated heterocycles. The van der Waals surface area contributed by atoms with Gasteiger partial charge in [-0.1, -0.05) is 61.9 Å². The normalized spacial score (nSPS) is 11.8. The Morgan fingerprint density at radius 2 is 1.12 bits per heavy atom. The van der Waals surface area contributed by atoms with Crippen LogP contribution in [0.15, 0.2) is 48.5 Å². The zero-order valence-electron chi connectivity index (χ0n) is 15.7. The molecule has 0 aliphatic rings. The van der Waals surface area contributed by atoms with Crippen molar-refractivity contribution in [3.8, 4) is 0 Å². The van der Waals surface area contributed by atoms with Gasteiger partial charge >= 0.3 is 0 Å². The smallest absolute Gasteiger partial charge is 0.156 e. The summed E-state index contributed by atoms with van der Waals surface area (Å²) >= 11 is 0. The molecule has 0 heterocycles. The molecular formula is C22H30O2S. The van der Waals surface area contributed by atoms with Crippen molar-refractivity contribution in [3.63, 3.8) is 0 Å². The van der Waals surface area contributed by atoms with Crippen LogP contribution in [-0.4, -0.2) is 13.7 Å². The van der Waals surface area contributed by atoms with Gasteiger partial charge in [-0.25, -0.2) is 8.42 Å². The highest BCUT2D eigenvalue weighted by Crippen LogP contribution is 2.14. The molecule has 0 atom stereocenters. The van der Waals surface area contributed by atoms with Crippen LogP contribution in [0.5, 0.6) is 0 Å². The molecule has 2 rings (SSSR count). The molecule has 2 nitrogen and oxygen atoms in total. The van der Waals surface area contributed by atoms with Gasteiger partial charge in [0, 0.05) is 0 Å². The second-order valence-electron chi connectivity index (χ2n) is 7.09. The fourth-order valence-corrected chi connectivity index (χ4v) is 3.73. The topological polar surface area (TPSA) is 34.1 Å². The Hall–Kier alpha value is -1.61. The Balaban J connectivity index is 1.89. The molecule has 0 aliphatic carbocycles. The summed E-state index contributed by atoms with van der Waals surface area (Å²) in [6.07, 6.45) is 5.63. The van der Waals surface area contributed by atoms with E-state index < -0.39 is 9.84 Å². The molecule has 2 aromatic carbocycles. The number of hydrogen-bond donors (Lipinski definition) is 0. The lowest BCUT2D eigenvalue weighted by Gasteiger charge is -2.09. The molecule has 0 aromatic heterocycles. The fraction of sp³-hybridized carbons (Fsp3) is 0.455. The van der Waals surface area contributed by atoms with Crippen molar-refractivity contribution in [2.24, 2.45) is 0 Å². The summed E-state index contributed by atoms with van der Waals surface area (Å²) in [5.41, 5.74) is 4.89. The summed E-state index contributed by atoms with van der Waals surface area (Å²) in [5.74, 6) is 0.129. The Morgan fingerprint density at radius 3 is 1.52 bits per heavy atom. The minimum absolute atomic E-state index is 0.129. The van der Waals surface area contributed by atoms with Crippen LogP contribution in [0.3, 0.4) is 0 Å². The van der Waals surface area contributed by atoms with Crippen LogP contribution >= 0.6 is 0 Å². The second kappa shape index (κ2) is 9.19. The van der Waals surface area contributed by atoms with Crippen molar-refractivity contribution in [2.75, 3.05) is 0 Å². The summed E-state index contributed by atoms with van der Waals surface area (Å²) in [6.45, 7) is 5.69. The largest absolute Gasteiger partial charge is 0.228 e. The number of unbranched alkanes of at least 4 members (excludes halogenated alkanes) is 1. The SMILES string of the molecule is CCCCc1ccc(CCc2ccc(CS(=O)(=O)C(C)C)cc2)cc1. The van der Waals surface area contributed by atoms with Gasteiger partial charge in [0.2, 0.25) is 0 Å².